The van der Waals surface area contributed by atoms with E-state index in [0.717, 1.165) is 11.1 Å². The van der Waals surface area contributed by atoms with Gasteiger partial charge in [0.2, 0.25) is 5.91 Å². The van der Waals surface area contributed by atoms with Crippen LogP contribution in [0.2, 0.25) is 5.02 Å². The number of carbonyl (C=O) groups is 1. The maximum absolute atomic E-state index is 12.0. The molecule has 116 valence electrons. The molecule has 1 amide bonds. The molecule has 4 nitrogen and oxygen atoms in total. The zero-order valence-electron chi connectivity index (χ0n) is 12.1. The number of halogens is 1. The summed E-state index contributed by atoms with van der Waals surface area (Å²) in [6.45, 7) is 0. The number of thioether (sulfide) groups is 1. The first-order valence-corrected chi connectivity index (χ1v) is 8.34. The second-order valence-electron chi connectivity index (χ2n) is 4.99. The van der Waals surface area contributed by atoms with Crippen molar-refractivity contribution < 1.29 is 4.79 Å². The number of carbonyl (C=O) groups excluding carboxylic acids is 1. The third-order valence-corrected chi connectivity index (χ3v) is 4.59. The maximum Gasteiger partial charge on any atom is 0.239 e. The Balaban J connectivity index is 1.61. The van der Waals surface area contributed by atoms with Crippen LogP contribution in [0.4, 0.5) is 0 Å². The third kappa shape index (κ3) is 4.43. The van der Waals surface area contributed by atoms with Gasteiger partial charge in [-0.2, -0.15) is 5.10 Å². The van der Waals surface area contributed by atoms with Crippen LogP contribution in [0.25, 0.3) is 0 Å². The molecule has 1 N–H and O–H groups in total. The van der Waals surface area contributed by atoms with E-state index in [9.17, 15) is 4.79 Å². The van der Waals surface area contributed by atoms with Gasteiger partial charge >= 0.3 is 0 Å². The van der Waals surface area contributed by atoms with Crippen molar-refractivity contribution in [3.63, 3.8) is 0 Å². The molecule has 0 unspecified atom stereocenters. The average Bonchev–Trinajstić information content (AvgIpc) is 2.90. The van der Waals surface area contributed by atoms with Gasteiger partial charge in [0, 0.05) is 5.02 Å². The van der Waals surface area contributed by atoms with Crippen molar-refractivity contribution in [3.8, 4) is 0 Å². The second-order valence-corrected chi connectivity index (χ2v) is 6.61. The van der Waals surface area contributed by atoms with Crippen LogP contribution in [-0.4, -0.2) is 22.5 Å². The Labute approximate surface area is 143 Å². The van der Waals surface area contributed by atoms with Gasteiger partial charge in [0.15, 0.2) is 5.17 Å². The summed E-state index contributed by atoms with van der Waals surface area (Å²) in [6.07, 6.45) is 2.29. The van der Waals surface area contributed by atoms with E-state index in [1.807, 2.05) is 54.6 Å². The summed E-state index contributed by atoms with van der Waals surface area (Å²) in [5.41, 5.74) is 2.03. The predicted octanol–water partition coefficient (Wildman–Crippen LogP) is 3.50. The molecule has 2 aromatic carbocycles. The minimum atomic E-state index is -0.193. The van der Waals surface area contributed by atoms with E-state index >= 15 is 0 Å². The Morgan fingerprint density at radius 3 is 2.61 bits per heavy atom. The number of benzene rings is 2. The lowest BCUT2D eigenvalue weighted by Gasteiger charge is -2.05. The van der Waals surface area contributed by atoms with E-state index in [0.29, 0.717) is 16.6 Å². The van der Waals surface area contributed by atoms with Crippen molar-refractivity contribution in [3.05, 3.63) is 70.7 Å². The highest BCUT2D eigenvalue weighted by atomic mass is 35.5. The van der Waals surface area contributed by atoms with Crippen LogP contribution in [0.1, 0.15) is 11.1 Å². The molecule has 0 spiro atoms. The van der Waals surface area contributed by atoms with Crippen LogP contribution in [0.5, 0.6) is 0 Å². The molecule has 0 bridgehead atoms. The van der Waals surface area contributed by atoms with E-state index in [-0.39, 0.29) is 11.2 Å². The van der Waals surface area contributed by atoms with Gasteiger partial charge in [0.05, 0.1) is 11.5 Å². The van der Waals surface area contributed by atoms with Crippen LogP contribution in [0, 0.1) is 0 Å². The van der Waals surface area contributed by atoms with Crippen molar-refractivity contribution in [2.45, 2.75) is 11.7 Å². The number of hydrogen-bond donors (Lipinski definition) is 1. The quantitative estimate of drug-likeness (QED) is 0.682. The number of nitrogens with zero attached hydrogens (tertiary/aromatic N) is 2. The Bertz CT molecular complexity index is 744. The minimum absolute atomic E-state index is 0.0430. The number of nitrogens with one attached hydrogen (secondary N) is 1. The maximum atomic E-state index is 12.0. The van der Waals surface area contributed by atoms with E-state index in [1.54, 1.807) is 6.21 Å². The lowest BCUT2D eigenvalue weighted by Crippen LogP contribution is -2.25. The molecule has 1 fully saturated rings. The highest BCUT2D eigenvalue weighted by molar-refractivity contribution is 8.15. The minimum Gasteiger partial charge on any atom is -0.303 e. The summed E-state index contributed by atoms with van der Waals surface area (Å²) in [5.74, 6) is -0.0430. The van der Waals surface area contributed by atoms with Gasteiger partial charge in [-0.15, -0.1) is 5.10 Å². The molecular weight excluding hydrogens is 330 g/mol. The Morgan fingerprint density at radius 1 is 1.13 bits per heavy atom. The van der Waals surface area contributed by atoms with E-state index in [1.165, 1.54) is 11.8 Å². The van der Waals surface area contributed by atoms with Crippen molar-refractivity contribution in [1.82, 2.24) is 5.32 Å². The third-order valence-electron chi connectivity index (χ3n) is 3.27. The molecule has 1 aliphatic rings. The Hall–Kier alpha value is -2.11. The zero-order valence-corrected chi connectivity index (χ0v) is 13.7. The molecule has 1 aliphatic heterocycles. The number of hydrogen-bond acceptors (Lipinski definition) is 4. The lowest BCUT2D eigenvalue weighted by molar-refractivity contribution is -0.118. The fourth-order valence-electron chi connectivity index (χ4n) is 2.11. The molecule has 23 heavy (non-hydrogen) atoms. The molecule has 0 aliphatic carbocycles. The van der Waals surface area contributed by atoms with E-state index < -0.39 is 0 Å². The first-order chi connectivity index (χ1) is 11.2. The first-order valence-electron chi connectivity index (χ1n) is 7.09. The molecule has 1 heterocycles. The van der Waals surface area contributed by atoms with Crippen LogP contribution in [-0.2, 0) is 11.2 Å². The summed E-state index contributed by atoms with van der Waals surface area (Å²) in [7, 11) is 0. The molecule has 3 rings (SSSR count). The molecule has 6 heteroatoms. The molecule has 1 saturated heterocycles. The van der Waals surface area contributed by atoms with Gasteiger partial charge in [0.25, 0.3) is 0 Å². The van der Waals surface area contributed by atoms with E-state index in [2.05, 4.69) is 15.5 Å². The number of amidine groups is 1. The average molecular weight is 344 g/mol. The largest absolute Gasteiger partial charge is 0.303 e. The monoisotopic (exact) mass is 343 g/mol. The highest BCUT2D eigenvalue weighted by Gasteiger charge is 2.30. The van der Waals surface area contributed by atoms with Gasteiger partial charge in [-0.05, 0) is 29.7 Å². The van der Waals surface area contributed by atoms with E-state index in [4.69, 9.17) is 11.6 Å². The Morgan fingerprint density at radius 2 is 1.87 bits per heavy atom. The zero-order chi connectivity index (χ0) is 16.1. The SMILES string of the molecule is O=C1N/C(=N/N=C\c2ccccc2)S[C@H]1Cc1ccc(Cl)cc1. The van der Waals surface area contributed by atoms with Crippen molar-refractivity contribution in [2.75, 3.05) is 0 Å². The van der Waals surface area contributed by atoms with Crippen molar-refractivity contribution in [2.24, 2.45) is 10.2 Å². The molecule has 0 aromatic heterocycles. The molecule has 1 atom stereocenters. The van der Waals surface area contributed by atoms with Gasteiger partial charge in [-0.1, -0.05) is 65.8 Å². The highest BCUT2D eigenvalue weighted by Crippen LogP contribution is 2.24. The number of amides is 1. The molecule has 2 aromatic rings. The van der Waals surface area contributed by atoms with Crippen LogP contribution < -0.4 is 5.32 Å². The smallest absolute Gasteiger partial charge is 0.239 e. The topological polar surface area (TPSA) is 53.8 Å². The molecule has 0 radical (unpaired) electrons. The first kappa shape index (κ1) is 15.8. The molecular formula is C17H14ClN3OS. The predicted molar refractivity (Wildman–Crippen MR) is 96.1 cm³/mol. The fraction of sp³-hybridized carbons (Fsp3) is 0.118. The van der Waals surface area contributed by atoms with Crippen LogP contribution >= 0.6 is 23.4 Å². The standard InChI is InChI=1S/C17H14ClN3OS/c18-14-8-6-12(7-9-14)10-15-16(22)20-17(23-15)21-19-11-13-4-2-1-3-5-13/h1-9,11,15H,10H2,(H,20,21,22)/b19-11-/t15-/m0/s1. The fourth-order valence-corrected chi connectivity index (χ4v) is 3.20. The summed E-state index contributed by atoms with van der Waals surface area (Å²) >= 11 is 7.26. The van der Waals surface area contributed by atoms with Crippen LogP contribution in [0.3, 0.4) is 0 Å². The Kier molecular flexibility index (Phi) is 5.10. The summed E-state index contributed by atoms with van der Waals surface area (Å²) in [4.78, 5) is 12.0. The summed E-state index contributed by atoms with van der Waals surface area (Å²) in [5, 5.41) is 11.9. The lowest BCUT2D eigenvalue weighted by atomic mass is 10.1. The summed E-state index contributed by atoms with van der Waals surface area (Å²) < 4.78 is 0. The van der Waals surface area contributed by atoms with Crippen LogP contribution in [0.15, 0.2) is 64.8 Å². The summed E-state index contributed by atoms with van der Waals surface area (Å²) in [6, 6.07) is 17.2. The van der Waals surface area contributed by atoms with Crippen molar-refractivity contribution >= 4 is 40.7 Å². The normalized spacial score (nSPS) is 19.4. The van der Waals surface area contributed by atoms with Gasteiger partial charge < -0.3 is 5.32 Å². The van der Waals surface area contributed by atoms with Gasteiger partial charge in [0.1, 0.15) is 0 Å². The van der Waals surface area contributed by atoms with Gasteiger partial charge in [-0.25, -0.2) is 0 Å². The number of rotatable bonds is 4. The van der Waals surface area contributed by atoms with Gasteiger partial charge in [-0.3, -0.25) is 4.79 Å². The molecule has 0 saturated carbocycles. The second kappa shape index (κ2) is 7.44. The van der Waals surface area contributed by atoms with Crippen molar-refractivity contribution in [1.29, 1.82) is 0 Å².